The van der Waals surface area contributed by atoms with E-state index < -0.39 is 33.9 Å². The first-order chi connectivity index (χ1) is 11.7. The highest BCUT2D eigenvalue weighted by molar-refractivity contribution is 7.91. The molecule has 0 aromatic heterocycles. The number of ether oxygens (including phenoxy) is 2. The highest BCUT2D eigenvalue weighted by Crippen LogP contribution is 2.13. The summed E-state index contributed by atoms with van der Waals surface area (Å²) in [5.74, 6) is -0.364. The zero-order chi connectivity index (χ0) is 18.4. The van der Waals surface area contributed by atoms with Crippen LogP contribution in [0.15, 0.2) is 24.3 Å². The van der Waals surface area contributed by atoms with E-state index >= 15 is 0 Å². The fourth-order valence-corrected chi connectivity index (χ4v) is 4.17. The van der Waals surface area contributed by atoms with Gasteiger partial charge < -0.3 is 14.8 Å². The quantitative estimate of drug-likeness (QED) is 0.720. The standard InChI is InChI=1S/C17H23NO6S/c1-12-4-3-5-15(10-12)23-8-6-16(19)24-13(2)17(20)18-14-7-9-25(21,22)11-14/h3-5,10,13-14H,6-9,11H2,1-2H3,(H,18,20)/t13-,14+/m1/s1. The molecule has 8 heteroatoms. The number of benzene rings is 1. The summed E-state index contributed by atoms with van der Waals surface area (Å²) in [7, 11) is -3.07. The van der Waals surface area contributed by atoms with Crippen LogP contribution in [-0.4, -0.2) is 50.6 Å². The fraction of sp³-hybridized carbons (Fsp3) is 0.529. The number of carbonyl (C=O) groups is 2. The van der Waals surface area contributed by atoms with E-state index in [-0.39, 0.29) is 24.5 Å². The summed E-state index contributed by atoms with van der Waals surface area (Å²) < 4.78 is 33.3. The van der Waals surface area contributed by atoms with Crippen molar-refractivity contribution in [1.29, 1.82) is 0 Å². The topological polar surface area (TPSA) is 98.8 Å². The Bertz CT molecular complexity index is 730. The van der Waals surface area contributed by atoms with Gasteiger partial charge in [-0.1, -0.05) is 12.1 Å². The van der Waals surface area contributed by atoms with E-state index in [2.05, 4.69) is 5.32 Å². The van der Waals surface area contributed by atoms with Gasteiger partial charge >= 0.3 is 5.97 Å². The van der Waals surface area contributed by atoms with Gasteiger partial charge in [0.2, 0.25) is 0 Å². The summed E-state index contributed by atoms with van der Waals surface area (Å²) in [6.45, 7) is 3.55. The van der Waals surface area contributed by atoms with Crippen LogP contribution in [0.1, 0.15) is 25.3 Å². The third-order valence-electron chi connectivity index (χ3n) is 3.82. The maximum atomic E-state index is 12.0. The van der Waals surface area contributed by atoms with Gasteiger partial charge in [-0.05, 0) is 38.0 Å². The lowest BCUT2D eigenvalue weighted by molar-refractivity contribution is -0.155. The van der Waals surface area contributed by atoms with Crippen LogP contribution in [0.25, 0.3) is 0 Å². The molecule has 1 fully saturated rings. The van der Waals surface area contributed by atoms with Crippen LogP contribution in [0.4, 0.5) is 0 Å². The van der Waals surface area contributed by atoms with Crippen LogP contribution in [0.2, 0.25) is 0 Å². The summed E-state index contributed by atoms with van der Waals surface area (Å²) in [4.78, 5) is 23.7. The van der Waals surface area contributed by atoms with E-state index in [0.29, 0.717) is 12.2 Å². The van der Waals surface area contributed by atoms with Crippen molar-refractivity contribution in [3.63, 3.8) is 0 Å². The Morgan fingerprint density at radius 2 is 2.12 bits per heavy atom. The van der Waals surface area contributed by atoms with Crippen molar-refractivity contribution < 1.29 is 27.5 Å². The minimum atomic E-state index is -3.07. The molecule has 1 aromatic rings. The molecule has 1 amide bonds. The molecule has 0 unspecified atom stereocenters. The third-order valence-corrected chi connectivity index (χ3v) is 5.59. The second-order valence-corrected chi connectivity index (χ2v) is 8.38. The van der Waals surface area contributed by atoms with Crippen molar-refractivity contribution >= 4 is 21.7 Å². The third kappa shape index (κ3) is 6.38. The van der Waals surface area contributed by atoms with Gasteiger partial charge in [0.15, 0.2) is 15.9 Å². The minimum absolute atomic E-state index is 0.0172. The van der Waals surface area contributed by atoms with Gasteiger partial charge in [-0.2, -0.15) is 0 Å². The van der Waals surface area contributed by atoms with E-state index in [9.17, 15) is 18.0 Å². The molecule has 0 saturated carbocycles. The summed E-state index contributed by atoms with van der Waals surface area (Å²) in [5.41, 5.74) is 1.05. The van der Waals surface area contributed by atoms with Crippen LogP contribution in [0, 0.1) is 6.92 Å². The molecule has 1 aliphatic heterocycles. The maximum absolute atomic E-state index is 12.0. The molecule has 0 radical (unpaired) electrons. The van der Waals surface area contributed by atoms with Crippen molar-refractivity contribution in [3.05, 3.63) is 29.8 Å². The molecule has 138 valence electrons. The Kier molecular flexibility index (Phi) is 6.41. The van der Waals surface area contributed by atoms with Crippen LogP contribution in [0.5, 0.6) is 5.75 Å². The molecular formula is C17H23NO6S. The average Bonchev–Trinajstić information content (AvgIpc) is 2.86. The molecule has 0 bridgehead atoms. The van der Waals surface area contributed by atoms with Crippen LogP contribution in [-0.2, 0) is 24.2 Å². The van der Waals surface area contributed by atoms with Gasteiger partial charge in [-0.25, -0.2) is 8.42 Å². The predicted molar refractivity (Wildman–Crippen MR) is 92.0 cm³/mol. The minimum Gasteiger partial charge on any atom is -0.493 e. The second kappa shape index (κ2) is 8.33. The summed E-state index contributed by atoms with van der Waals surface area (Å²) in [6, 6.07) is 7.04. The maximum Gasteiger partial charge on any atom is 0.310 e. The predicted octanol–water partition coefficient (Wildman–Crippen LogP) is 0.999. The average molecular weight is 369 g/mol. The Labute approximate surface area is 147 Å². The van der Waals surface area contributed by atoms with Gasteiger partial charge in [0, 0.05) is 6.04 Å². The molecule has 1 heterocycles. The van der Waals surface area contributed by atoms with E-state index in [0.717, 1.165) is 5.56 Å². The van der Waals surface area contributed by atoms with E-state index in [1.807, 2.05) is 25.1 Å². The number of nitrogens with one attached hydrogen (secondary N) is 1. The molecule has 1 saturated heterocycles. The SMILES string of the molecule is Cc1cccc(OCCC(=O)O[C@H](C)C(=O)N[C@H]2CCS(=O)(=O)C2)c1. The molecule has 0 aliphatic carbocycles. The molecule has 7 nitrogen and oxygen atoms in total. The second-order valence-electron chi connectivity index (χ2n) is 6.16. The first kappa shape index (κ1) is 19.2. The van der Waals surface area contributed by atoms with Crippen molar-refractivity contribution in [3.8, 4) is 5.75 Å². The van der Waals surface area contributed by atoms with Crippen molar-refractivity contribution in [2.45, 2.75) is 38.8 Å². The van der Waals surface area contributed by atoms with Gasteiger partial charge in [0.05, 0.1) is 24.5 Å². The molecule has 1 aromatic carbocycles. The number of hydrogen-bond acceptors (Lipinski definition) is 6. The van der Waals surface area contributed by atoms with Crippen molar-refractivity contribution in [2.24, 2.45) is 0 Å². The van der Waals surface area contributed by atoms with E-state index in [1.165, 1.54) is 6.92 Å². The number of sulfone groups is 1. The molecule has 2 rings (SSSR count). The normalized spacial score (nSPS) is 19.8. The van der Waals surface area contributed by atoms with Crippen molar-refractivity contribution in [1.82, 2.24) is 5.32 Å². The number of hydrogen-bond donors (Lipinski definition) is 1. The fourth-order valence-electron chi connectivity index (χ4n) is 2.49. The zero-order valence-corrected chi connectivity index (χ0v) is 15.2. The summed E-state index contributed by atoms with van der Waals surface area (Å²) in [5, 5.41) is 2.60. The van der Waals surface area contributed by atoms with Gasteiger partial charge in [-0.3, -0.25) is 9.59 Å². The number of esters is 1. The molecule has 1 aliphatic rings. The first-order valence-corrected chi connectivity index (χ1v) is 9.97. The Morgan fingerprint density at radius 1 is 1.36 bits per heavy atom. The molecule has 2 atom stereocenters. The van der Waals surface area contributed by atoms with Gasteiger partial charge in [0.25, 0.3) is 5.91 Å². The Hall–Kier alpha value is -2.09. The molecule has 1 N–H and O–H groups in total. The van der Waals surface area contributed by atoms with Crippen molar-refractivity contribution in [2.75, 3.05) is 18.1 Å². The molecule has 0 spiro atoms. The van der Waals surface area contributed by atoms with Crippen LogP contribution >= 0.6 is 0 Å². The van der Waals surface area contributed by atoms with Crippen LogP contribution < -0.4 is 10.1 Å². The molecule has 25 heavy (non-hydrogen) atoms. The highest BCUT2D eigenvalue weighted by atomic mass is 32.2. The lowest BCUT2D eigenvalue weighted by Crippen LogP contribution is -2.42. The lowest BCUT2D eigenvalue weighted by atomic mass is 10.2. The number of carbonyl (C=O) groups excluding carboxylic acids is 2. The number of amides is 1. The number of aryl methyl sites for hydroxylation is 1. The monoisotopic (exact) mass is 369 g/mol. The summed E-state index contributed by atoms with van der Waals surface area (Å²) >= 11 is 0. The summed E-state index contributed by atoms with van der Waals surface area (Å²) in [6.07, 6.45) is -0.572. The smallest absolute Gasteiger partial charge is 0.310 e. The van der Waals surface area contributed by atoms with E-state index in [1.54, 1.807) is 6.07 Å². The van der Waals surface area contributed by atoms with Gasteiger partial charge in [-0.15, -0.1) is 0 Å². The zero-order valence-electron chi connectivity index (χ0n) is 14.4. The first-order valence-electron chi connectivity index (χ1n) is 8.15. The van der Waals surface area contributed by atoms with E-state index in [4.69, 9.17) is 9.47 Å². The highest BCUT2D eigenvalue weighted by Gasteiger charge is 2.30. The lowest BCUT2D eigenvalue weighted by Gasteiger charge is -2.16. The Morgan fingerprint density at radius 3 is 2.76 bits per heavy atom. The number of rotatable bonds is 7. The Balaban J connectivity index is 1.69. The van der Waals surface area contributed by atoms with Gasteiger partial charge in [0.1, 0.15) is 5.75 Å². The van der Waals surface area contributed by atoms with Crippen LogP contribution in [0.3, 0.4) is 0 Å². The molecular weight excluding hydrogens is 346 g/mol. The largest absolute Gasteiger partial charge is 0.493 e.